The van der Waals surface area contributed by atoms with E-state index in [4.69, 9.17) is 33.7 Å². The summed E-state index contributed by atoms with van der Waals surface area (Å²) < 4.78 is 6.21. The van der Waals surface area contributed by atoms with Crippen LogP contribution in [0.25, 0.3) is 44.1 Å². The molecule has 0 saturated carbocycles. The van der Waals surface area contributed by atoms with Crippen molar-refractivity contribution in [1.82, 2.24) is 65.1 Å². The minimum absolute atomic E-state index is 0.140. The predicted molar refractivity (Wildman–Crippen MR) is 252 cm³/mol. The van der Waals surface area contributed by atoms with Crippen LogP contribution in [0.15, 0.2) is 54.6 Å². The highest BCUT2D eigenvalue weighted by molar-refractivity contribution is 9.10. The smallest absolute Gasteiger partial charge is 0.407 e. The molecule has 0 radical (unpaired) electrons. The number of piperidine rings is 2. The highest BCUT2D eigenvalue weighted by Gasteiger charge is 2.26. The number of ether oxygens (including phenoxy) is 1. The van der Waals surface area contributed by atoms with E-state index in [-0.39, 0.29) is 12.1 Å². The zero-order valence-corrected chi connectivity index (χ0v) is 39.0. The molecule has 0 aromatic carbocycles. The molecule has 1 amide bonds. The minimum atomic E-state index is -0.469. The van der Waals surface area contributed by atoms with Gasteiger partial charge in [-0.3, -0.25) is 0 Å². The third kappa shape index (κ3) is 10.9. The number of hydrogen-bond acceptors (Lipinski definition) is 13. The Morgan fingerprint density at radius 2 is 1.05 bits per heavy atom. The lowest BCUT2D eigenvalue weighted by molar-refractivity contribution is 0.0497. The van der Waals surface area contributed by atoms with Crippen LogP contribution in [-0.4, -0.2) is 110 Å². The Labute approximate surface area is 382 Å². The summed E-state index contributed by atoms with van der Waals surface area (Å²) in [5, 5.41) is 7.89. The Morgan fingerprint density at radius 1 is 0.651 bits per heavy atom. The van der Waals surface area contributed by atoms with Crippen molar-refractivity contribution in [3.8, 4) is 0 Å². The van der Waals surface area contributed by atoms with E-state index < -0.39 is 5.60 Å². The number of amides is 1. The summed E-state index contributed by atoms with van der Waals surface area (Å²) in [5.74, 6) is 2.01. The molecule has 7 N–H and O–H groups in total. The van der Waals surface area contributed by atoms with Crippen LogP contribution in [0.4, 0.5) is 16.4 Å². The summed E-state index contributed by atoms with van der Waals surface area (Å²) in [5.41, 5.74) is 12.2. The Balaban J connectivity index is 0.000000133. The largest absolute Gasteiger partial charge is 0.444 e. The second kappa shape index (κ2) is 19.8. The average Bonchev–Trinajstić information content (AvgIpc) is 4.05. The van der Waals surface area contributed by atoms with Crippen LogP contribution in [0, 0.1) is 20.8 Å². The van der Waals surface area contributed by atoms with Gasteiger partial charge in [0.1, 0.15) is 75.4 Å². The molecule has 0 atom stereocenters. The topological polar surface area (TPSA) is 237 Å². The number of H-pyrrole nitrogens is 4. The van der Waals surface area contributed by atoms with Gasteiger partial charge in [0.05, 0.1) is 21.5 Å². The molecule has 10 heterocycles. The second-order valence-electron chi connectivity index (χ2n) is 16.4. The fraction of sp³-hybridized carbons (Fsp3) is 0.405. The van der Waals surface area contributed by atoms with Gasteiger partial charge in [0.15, 0.2) is 0 Å². The molecule has 8 aromatic heterocycles. The number of nitrogens with one attached hydrogen (secondary N) is 5. The van der Waals surface area contributed by atoms with Crippen molar-refractivity contribution in [2.45, 2.75) is 84.9 Å². The van der Waals surface area contributed by atoms with Crippen LogP contribution >= 0.6 is 39.1 Å². The van der Waals surface area contributed by atoms with Crippen LogP contribution in [0.5, 0.6) is 0 Å². The van der Waals surface area contributed by atoms with Crippen molar-refractivity contribution in [3.63, 3.8) is 0 Å². The van der Waals surface area contributed by atoms with Crippen LogP contribution in [-0.2, 0) is 4.74 Å². The lowest BCUT2D eigenvalue weighted by Crippen LogP contribution is -2.46. The number of anilines is 2. The number of nitrogens with two attached hydrogens (primary N) is 1. The first-order valence-corrected chi connectivity index (χ1v) is 22.1. The molecule has 0 unspecified atom stereocenters. The lowest BCUT2D eigenvalue weighted by Gasteiger charge is -2.33. The number of alkyl carbamates (subject to hydrolysis) is 1. The highest BCUT2D eigenvalue weighted by atomic mass is 79.9. The number of halogens is 3. The molecular formula is C42H51BrCl2N16O2. The van der Waals surface area contributed by atoms with E-state index in [2.05, 4.69) is 105 Å². The molecular weight excluding hydrogens is 911 g/mol. The molecule has 0 aliphatic carbocycles. The van der Waals surface area contributed by atoms with E-state index in [1.807, 2.05) is 46.3 Å². The van der Waals surface area contributed by atoms with Crippen molar-refractivity contribution in [2.75, 3.05) is 36.0 Å². The third-order valence-corrected chi connectivity index (χ3v) is 11.8. The molecule has 2 fully saturated rings. The van der Waals surface area contributed by atoms with E-state index >= 15 is 0 Å². The number of aryl methyl sites for hydroxylation is 3. The highest BCUT2D eigenvalue weighted by Crippen LogP contribution is 2.30. The van der Waals surface area contributed by atoms with E-state index in [1.54, 1.807) is 18.9 Å². The molecule has 63 heavy (non-hydrogen) atoms. The number of aromatic nitrogens is 12. The molecule has 0 spiro atoms. The van der Waals surface area contributed by atoms with Gasteiger partial charge in [0.2, 0.25) is 0 Å². The van der Waals surface area contributed by atoms with Crippen molar-refractivity contribution in [1.29, 1.82) is 0 Å². The van der Waals surface area contributed by atoms with Gasteiger partial charge in [-0.1, -0.05) is 23.2 Å². The normalized spacial score (nSPS) is 14.8. The molecule has 21 heteroatoms. The van der Waals surface area contributed by atoms with Gasteiger partial charge in [-0.15, -0.1) is 0 Å². The standard InChI is InChI=1S/C17H25N5O2.C12H17N5.C7H6ClN3.C6H3BrClN3/c1-11-9-18-14-13(11)15(20-10-19-14)22-7-5-12(6-8-22)21-16(23)24-17(2,3)4;1-8-6-14-11-10(8)12(16-7-15-11)17-4-2-9(13)3-5-17;1-4-2-9-7-5(4)6(8)10-3-11-7;7-3-1-9-6-4(3)5(8)10-2-11-6/h9-10,12H,5-8H2,1-4H3,(H,21,23)(H,18,19,20);6-7,9H,2-5,13H2,1H3,(H,14,15,16);2-3H,1H3,(H,9,10,11);1-2H,(H,9,10,11). The summed E-state index contributed by atoms with van der Waals surface area (Å²) in [6.07, 6.45) is 17.2. The SMILES string of the molecule is Cc1c[nH]c2ncnc(Cl)c12.Cc1c[nH]c2ncnc(N3CCC(N)CC3)c12.Cc1c[nH]c2ncnc(N3CCC(NC(=O)OC(C)(C)C)CC3)c12.Clc1ncnc2[nH]cc(Br)c12. The molecule has 18 nitrogen and oxygen atoms in total. The summed E-state index contributed by atoms with van der Waals surface area (Å²) >= 11 is 15.0. The number of fused-ring (bicyclic) bond motifs is 4. The van der Waals surface area contributed by atoms with Gasteiger partial charge in [0, 0.05) is 67.5 Å². The molecule has 2 aliphatic heterocycles. The number of nitrogens with zero attached hydrogens (tertiary/aromatic N) is 10. The molecule has 2 saturated heterocycles. The monoisotopic (exact) mass is 960 g/mol. The third-order valence-electron chi connectivity index (χ3n) is 10.6. The van der Waals surface area contributed by atoms with Gasteiger partial charge in [-0.25, -0.2) is 44.7 Å². The minimum Gasteiger partial charge on any atom is -0.444 e. The Bertz CT molecular complexity index is 2720. The molecule has 0 bridgehead atoms. The lowest BCUT2D eigenvalue weighted by atomic mass is 10.0. The maximum absolute atomic E-state index is 11.9. The quantitative estimate of drug-likeness (QED) is 0.0916. The summed E-state index contributed by atoms with van der Waals surface area (Å²) in [6.45, 7) is 15.4. The number of hydrogen-bond donors (Lipinski definition) is 6. The van der Waals surface area contributed by atoms with Gasteiger partial charge in [0.25, 0.3) is 0 Å². The van der Waals surface area contributed by atoms with Crippen molar-refractivity contribution in [2.24, 2.45) is 5.73 Å². The first kappa shape index (κ1) is 45.4. The maximum atomic E-state index is 11.9. The fourth-order valence-electron chi connectivity index (χ4n) is 7.46. The number of carbonyl (C=O) groups excluding carboxylic acids is 1. The maximum Gasteiger partial charge on any atom is 0.407 e. The van der Waals surface area contributed by atoms with Gasteiger partial charge >= 0.3 is 6.09 Å². The second-order valence-corrected chi connectivity index (χ2v) is 18.0. The van der Waals surface area contributed by atoms with Crippen molar-refractivity contribution < 1.29 is 9.53 Å². The van der Waals surface area contributed by atoms with E-state index in [1.165, 1.54) is 18.2 Å². The van der Waals surface area contributed by atoms with Crippen LogP contribution in [0.2, 0.25) is 10.3 Å². The molecule has 2 aliphatic rings. The zero-order chi connectivity index (χ0) is 44.8. The number of carbonyl (C=O) groups is 1. The molecule has 332 valence electrons. The predicted octanol–water partition coefficient (Wildman–Crippen LogP) is 8.25. The van der Waals surface area contributed by atoms with E-state index in [0.717, 1.165) is 123 Å². The van der Waals surface area contributed by atoms with Crippen LogP contribution in [0.3, 0.4) is 0 Å². The summed E-state index contributed by atoms with van der Waals surface area (Å²) in [4.78, 5) is 61.9. The van der Waals surface area contributed by atoms with Crippen LogP contribution in [0.1, 0.15) is 63.1 Å². The van der Waals surface area contributed by atoms with Crippen molar-refractivity contribution >= 4 is 101 Å². The van der Waals surface area contributed by atoms with Gasteiger partial charge in [-0.05, 0) is 99.8 Å². The molecule has 10 rings (SSSR count). The first-order chi connectivity index (χ1) is 30.2. The Morgan fingerprint density at radius 3 is 1.51 bits per heavy atom. The number of rotatable bonds is 3. The van der Waals surface area contributed by atoms with Crippen LogP contribution < -0.4 is 20.9 Å². The van der Waals surface area contributed by atoms with E-state index in [0.29, 0.717) is 16.3 Å². The van der Waals surface area contributed by atoms with Crippen molar-refractivity contribution in [3.05, 3.63) is 81.6 Å². The summed E-state index contributed by atoms with van der Waals surface area (Å²) in [6, 6.07) is 0.483. The zero-order valence-electron chi connectivity index (χ0n) is 35.9. The van der Waals surface area contributed by atoms with E-state index in [9.17, 15) is 4.79 Å². The first-order valence-electron chi connectivity index (χ1n) is 20.6. The number of aromatic amines is 4. The fourth-order valence-corrected chi connectivity index (χ4v) is 8.58. The Kier molecular flexibility index (Phi) is 14.3. The molecule has 8 aromatic rings. The average molecular weight is 963 g/mol. The van der Waals surface area contributed by atoms with Gasteiger partial charge in [-0.2, -0.15) is 0 Å². The summed E-state index contributed by atoms with van der Waals surface area (Å²) in [7, 11) is 0. The Hall–Kier alpha value is -5.63. The van der Waals surface area contributed by atoms with Gasteiger partial charge < -0.3 is 45.5 Å².